The molecule has 0 aliphatic carbocycles. The van der Waals surface area contributed by atoms with Crippen LogP contribution in [0.15, 0.2) is 59.1 Å². The van der Waals surface area contributed by atoms with E-state index in [2.05, 4.69) is 10.3 Å². The van der Waals surface area contributed by atoms with Crippen LogP contribution >= 0.6 is 0 Å². The molecule has 2 aromatic carbocycles. The summed E-state index contributed by atoms with van der Waals surface area (Å²) in [5.41, 5.74) is 1.70. The van der Waals surface area contributed by atoms with Crippen LogP contribution in [0.3, 0.4) is 0 Å². The number of halogens is 3. The molecule has 29 heavy (non-hydrogen) atoms. The molecule has 0 aliphatic rings. The maximum Gasteiger partial charge on any atom is 0.416 e. The maximum absolute atomic E-state index is 12.8. The first-order valence-corrected chi connectivity index (χ1v) is 9.20. The fraction of sp³-hybridized carbons (Fsp3) is 0.273. The SMILES string of the molecule is Cc1ccc(-c2cnc(CCC(=O)NC(C)c3cccc(C(F)(F)F)c3)o2)cc1. The number of nitrogens with one attached hydrogen (secondary N) is 1. The van der Waals surface area contributed by atoms with Crippen LogP contribution in [-0.4, -0.2) is 10.9 Å². The minimum Gasteiger partial charge on any atom is -0.441 e. The number of hydrogen-bond donors (Lipinski definition) is 1. The molecule has 0 bridgehead atoms. The Hall–Kier alpha value is -3.09. The van der Waals surface area contributed by atoms with Crippen molar-refractivity contribution in [1.29, 1.82) is 0 Å². The number of benzene rings is 2. The summed E-state index contributed by atoms with van der Waals surface area (Å²) in [4.78, 5) is 16.4. The zero-order valence-electron chi connectivity index (χ0n) is 16.1. The second kappa shape index (κ2) is 8.51. The van der Waals surface area contributed by atoms with Crippen LogP contribution in [0.2, 0.25) is 0 Å². The van der Waals surface area contributed by atoms with Crippen LogP contribution in [0.25, 0.3) is 11.3 Å². The van der Waals surface area contributed by atoms with Crippen LogP contribution < -0.4 is 5.32 Å². The standard InChI is InChI=1S/C22H21F3N2O2/c1-14-6-8-16(9-7-14)19-13-26-21(29-19)11-10-20(28)27-15(2)17-4-3-5-18(12-17)22(23,24)25/h3-9,12-13,15H,10-11H2,1-2H3,(H,27,28). The van der Waals surface area contributed by atoms with E-state index in [0.29, 0.717) is 23.6 Å². The minimum absolute atomic E-state index is 0.122. The van der Waals surface area contributed by atoms with Crippen molar-refractivity contribution in [3.63, 3.8) is 0 Å². The summed E-state index contributed by atoms with van der Waals surface area (Å²) in [7, 11) is 0. The molecule has 0 radical (unpaired) electrons. The number of carbonyl (C=O) groups excluding carboxylic acids is 1. The highest BCUT2D eigenvalue weighted by molar-refractivity contribution is 5.76. The smallest absolute Gasteiger partial charge is 0.416 e. The number of nitrogens with zero attached hydrogens (tertiary/aromatic N) is 1. The molecule has 1 atom stereocenters. The molecule has 1 amide bonds. The van der Waals surface area contributed by atoms with Gasteiger partial charge in [0.1, 0.15) is 0 Å². The molecule has 7 heteroatoms. The number of rotatable bonds is 6. The fourth-order valence-corrected chi connectivity index (χ4v) is 2.88. The molecular weight excluding hydrogens is 381 g/mol. The van der Waals surface area contributed by atoms with Gasteiger partial charge in [-0.15, -0.1) is 0 Å². The topological polar surface area (TPSA) is 55.1 Å². The summed E-state index contributed by atoms with van der Waals surface area (Å²) in [5, 5.41) is 2.71. The van der Waals surface area contributed by atoms with Crippen molar-refractivity contribution < 1.29 is 22.4 Å². The molecule has 152 valence electrons. The molecule has 1 N–H and O–H groups in total. The van der Waals surface area contributed by atoms with E-state index in [1.165, 1.54) is 6.07 Å². The van der Waals surface area contributed by atoms with Crippen molar-refractivity contribution in [2.45, 2.75) is 38.9 Å². The second-order valence-electron chi connectivity index (χ2n) is 6.90. The van der Waals surface area contributed by atoms with Crippen LogP contribution in [0, 0.1) is 6.92 Å². The van der Waals surface area contributed by atoms with Crippen molar-refractivity contribution >= 4 is 5.91 Å². The minimum atomic E-state index is -4.42. The Morgan fingerprint density at radius 1 is 1.17 bits per heavy atom. The van der Waals surface area contributed by atoms with Gasteiger partial charge >= 0.3 is 6.18 Å². The molecule has 0 saturated heterocycles. The van der Waals surface area contributed by atoms with Gasteiger partial charge in [-0.25, -0.2) is 4.98 Å². The van der Waals surface area contributed by atoms with Crippen molar-refractivity contribution in [2.75, 3.05) is 0 Å². The highest BCUT2D eigenvalue weighted by Gasteiger charge is 2.30. The zero-order valence-corrected chi connectivity index (χ0v) is 16.1. The predicted molar refractivity (Wildman–Crippen MR) is 103 cm³/mol. The van der Waals surface area contributed by atoms with E-state index in [-0.39, 0.29) is 12.3 Å². The monoisotopic (exact) mass is 402 g/mol. The normalized spacial score (nSPS) is 12.6. The van der Waals surface area contributed by atoms with E-state index >= 15 is 0 Å². The Morgan fingerprint density at radius 3 is 2.59 bits per heavy atom. The van der Waals surface area contributed by atoms with Crippen molar-refractivity contribution in [2.24, 2.45) is 0 Å². The molecule has 0 aliphatic heterocycles. The van der Waals surface area contributed by atoms with E-state index in [9.17, 15) is 18.0 Å². The molecule has 3 aromatic rings. The molecule has 1 unspecified atom stereocenters. The summed E-state index contributed by atoms with van der Waals surface area (Å²) in [5.74, 6) is 0.769. The Kier molecular flexibility index (Phi) is 6.06. The number of alkyl halides is 3. The quantitative estimate of drug-likeness (QED) is 0.594. The molecule has 0 fully saturated rings. The van der Waals surface area contributed by atoms with Gasteiger partial charge in [-0.1, -0.05) is 42.0 Å². The van der Waals surface area contributed by atoms with E-state index in [1.807, 2.05) is 31.2 Å². The fourth-order valence-electron chi connectivity index (χ4n) is 2.88. The number of aryl methyl sites for hydroxylation is 2. The molecule has 0 saturated carbocycles. The first kappa shape index (κ1) is 20.6. The molecule has 4 nitrogen and oxygen atoms in total. The third-order valence-electron chi connectivity index (χ3n) is 4.55. The lowest BCUT2D eigenvalue weighted by Gasteiger charge is -2.16. The summed E-state index contributed by atoms with van der Waals surface area (Å²) in [6, 6.07) is 12.2. The van der Waals surface area contributed by atoms with E-state index in [1.54, 1.807) is 19.2 Å². The third kappa shape index (κ3) is 5.47. The summed E-state index contributed by atoms with van der Waals surface area (Å²) in [6.07, 6.45) is -2.38. The summed E-state index contributed by atoms with van der Waals surface area (Å²) in [6.45, 7) is 3.64. The average molecular weight is 402 g/mol. The lowest BCUT2D eigenvalue weighted by Crippen LogP contribution is -2.27. The Labute approximate surface area is 166 Å². The average Bonchev–Trinajstić information content (AvgIpc) is 3.15. The van der Waals surface area contributed by atoms with Crippen LogP contribution in [0.1, 0.15) is 42.0 Å². The van der Waals surface area contributed by atoms with Gasteiger partial charge in [0.05, 0.1) is 17.8 Å². The Morgan fingerprint density at radius 2 is 1.90 bits per heavy atom. The Bertz CT molecular complexity index is 978. The van der Waals surface area contributed by atoms with Gasteiger partial charge in [0.15, 0.2) is 11.7 Å². The summed E-state index contributed by atoms with van der Waals surface area (Å²) < 4.78 is 44.2. The zero-order chi connectivity index (χ0) is 21.0. The third-order valence-corrected chi connectivity index (χ3v) is 4.55. The maximum atomic E-state index is 12.8. The predicted octanol–water partition coefficient (Wildman–Crippen LogP) is 5.48. The first-order valence-electron chi connectivity index (χ1n) is 9.20. The highest BCUT2D eigenvalue weighted by Crippen LogP contribution is 2.30. The van der Waals surface area contributed by atoms with E-state index in [4.69, 9.17) is 4.42 Å². The van der Waals surface area contributed by atoms with Crippen molar-refractivity contribution in [3.8, 4) is 11.3 Å². The van der Waals surface area contributed by atoms with Crippen molar-refractivity contribution in [3.05, 3.63) is 77.3 Å². The molecule has 0 spiro atoms. The largest absolute Gasteiger partial charge is 0.441 e. The summed E-state index contributed by atoms with van der Waals surface area (Å²) >= 11 is 0. The highest BCUT2D eigenvalue weighted by atomic mass is 19.4. The lowest BCUT2D eigenvalue weighted by molar-refractivity contribution is -0.137. The first-order chi connectivity index (χ1) is 13.7. The van der Waals surface area contributed by atoms with E-state index in [0.717, 1.165) is 23.3 Å². The molecule has 1 heterocycles. The van der Waals surface area contributed by atoms with Crippen LogP contribution in [-0.2, 0) is 17.4 Å². The van der Waals surface area contributed by atoms with Gasteiger partial charge in [0, 0.05) is 18.4 Å². The van der Waals surface area contributed by atoms with E-state index < -0.39 is 17.8 Å². The molecule has 1 aromatic heterocycles. The second-order valence-corrected chi connectivity index (χ2v) is 6.90. The molecule has 3 rings (SSSR count). The van der Waals surface area contributed by atoms with Gasteiger partial charge in [-0.2, -0.15) is 13.2 Å². The number of aromatic nitrogens is 1. The van der Waals surface area contributed by atoms with Gasteiger partial charge < -0.3 is 9.73 Å². The Balaban J connectivity index is 1.56. The number of amides is 1. The van der Waals surface area contributed by atoms with Gasteiger partial charge in [0.25, 0.3) is 0 Å². The van der Waals surface area contributed by atoms with Gasteiger partial charge in [-0.3, -0.25) is 4.79 Å². The van der Waals surface area contributed by atoms with Gasteiger partial charge in [-0.05, 0) is 31.5 Å². The number of hydrogen-bond acceptors (Lipinski definition) is 3. The van der Waals surface area contributed by atoms with Crippen LogP contribution in [0.4, 0.5) is 13.2 Å². The number of oxazole rings is 1. The van der Waals surface area contributed by atoms with Crippen molar-refractivity contribution in [1.82, 2.24) is 10.3 Å². The lowest BCUT2D eigenvalue weighted by atomic mass is 10.0. The van der Waals surface area contributed by atoms with Gasteiger partial charge in [0.2, 0.25) is 5.91 Å². The number of carbonyl (C=O) groups is 1. The molecular formula is C22H21F3N2O2. The van der Waals surface area contributed by atoms with Crippen LogP contribution in [0.5, 0.6) is 0 Å².